The number of nitrogens with one attached hydrogen (secondary N) is 2. The Morgan fingerprint density at radius 1 is 1.25 bits per heavy atom. The van der Waals surface area contributed by atoms with Crippen LogP contribution >= 0.6 is 0 Å². The summed E-state index contributed by atoms with van der Waals surface area (Å²) in [4.78, 5) is 11.8. The van der Waals surface area contributed by atoms with Gasteiger partial charge in [0.25, 0.3) is 0 Å². The molecule has 1 heterocycles. The average molecular weight is 322 g/mol. The lowest BCUT2D eigenvalue weighted by Gasteiger charge is -2.31. The number of unbranched alkanes of at least 4 members (excludes halogenated alkanes) is 1. The first-order valence-electron chi connectivity index (χ1n) is 8.45. The van der Waals surface area contributed by atoms with E-state index in [0.29, 0.717) is 6.42 Å². The van der Waals surface area contributed by atoms with Crippen LogP contribution < -0.4 is 10.5 Å². The molecule has 1 aliphatic rings. The topological polar surface area (TPSA) is 50.4 Å². The van der Waals surface area contributed by atoms with Gasteiger partial charge in [-0.3, -0.25) is 4.79 Å². The second-order valence-corrected chi connectivity index (χ2v) is 6.24. The number of rotatable bonds is 7. The van der Waals surface area contributed by atoms with Crippen molar-refractivity contribution in [1.29, 1.82) is 0 Å². The van der Waals surface area contributed by atoms with E-state index >= 15 is 0 Å². The number of allylic oxidation sites excluding steroid dienone is 1. The lowest BCUT2D eigenvalue weighted by atomic mass is 9.57. The predicted molar refractivity (Wildman–Crippen MR) is 101 cm³/mol. The normalized spacial score (nSPS) is 13.8. The van der Waals surface area contributed by atoms with Crippen molar-refractivity contribution in [3.05, 3.63) is 49.1 Å². The highest BCUT2D eigenvalue weighted by atomic mass is 16.5. The van der Waals surface area contributed by atoms with E-state index < -0.39 is 0 Å². The number of esters is 1. The molecule has 3 rings (SSSR count). The van der Waals surface area contributed by atoms with Gasteiger partial charge in [0.1, 0.15) is 0 Å². The second-order valence-electron chi connectivity index (χ2n) is 6.24. The van der Waals surface area contributed by atoms with Gasteiger partial charge in [0.2, 0.25) is 0 Å². The minimum Gasteiger partial charge on any atom is -0.469 e. The van der Waals surface area contributed by atoms with Crippen molar-refractivity contribution in [3.8, 4) is 0 Å². The predicted octanol–water partition coefficient (Wildman–Crippen LogP) is 4.46. The van der Waals surface area contributed by atoms with Gasteiger partial charge in [0.15, 0.2) is 0 Å². The van der Waals surface area contributed by atoms with E-state index in [-0.39, 0.29) is 18.8 Å². The van der Waals surface area contributed by atoms with Crippen LogP contribution in [0.3, 0.4) is 0 Å². The quantitative estimate of drug-likeness (QED) is 0.342. The van der Waals surface area contributed by atoms with Gasteiger partial charge in [-0.2, -0.15) is 0 Å². The summed E-state index contributed by atoms with van der Waals surface area (Å²) in [5, 5.41) is 9.56. The molecule has 4 nitrogen and oxygen atoms in total. The highest BCUT2D eigenvalue weighted by Crippen LogP contribution is 2.37. The molecule has 5 heteroatoms. The van der Waals surface area contributed by atoms with Gasteiger partial charge in [-0.1, -0.05) is 43.2 Å². The molecule has 0 bridgehead atoms. The van der Waals surface area contributed by atoms with E-state index in [2.05, 4.69) is 53.4 Å². The van der Waals surface area contributed by atoms with E-state index in [1.165, 1.54) is 17.9 Å². The minimum absolute atomic E-state index is 0.00872. The highest BCUT2D eigenvalue weighted by Gasteiger charge is 2.33. The van der Waals surface area contributed by atoms with Crippen LogP contribution in [0.1, 0.15) is 25.7 Å². The molecular formula is C19H23BN2O2. The summed E-state index contributed by atoms with van der Waals surface area (Å²) in [7, 11) is 1.45. The fourth-order valence-corrected chi connectivity index (χ4v) is 3.40. The summed E-state index contributed by atoms with van der Waals surface area (Å²) in [6.07, 6.45) is 5.22. The molecule has 0 radical (unpaired) electrons. The van der Waals surface area contributed by atoms with Crippen molar-refractivity contribution < 1.29 is 9.53 Å². The lowest BCUT2D eigenvalue weighted by Crippen LogP contribution is -2.42. The first kappa shape index (κ1) is 16.4. The Kier molecular flexibility index (Phi) is 5.09. The fraction of sp³-hybridized carbons (Fsp3) is 0.316. The summed E-state index contributed by atoms with van der Waals surface area (Å²) in [5.74, 6) is -0.0136. The van der Waals surface area contributed by atoms with Crippen LogP contribution in [0.15, 0.2) is 49.1 Å². The second kappa shape index (κ2) is 7.43. The van der Waals surface area contributed by atoms with Crippen LogP contribution in [0.2, 0.25) is 5.82 Å². The summed E-state index contributed by atoms with van der Waals surface area (Å²) in [5.41, 5.74) is 2.23. The molecule has 124 valence electrons. The first-order valence-corrected chi connectivity index (χ1v) is 8.45. The van der Waals surface area contributed by atoms with Crippen LogP contribution in [0.25, 0.3) is 10.8 Å². The molecular weight excluding hydrogens is 299 g/mol. The van der Waals surface area contributed by atoms with Gasteiger partial charge < -0.3 is 15.2 Å². The molecule has 24 heavy (non-hydrogen) atoms. The standard InChI is InChI=1S/C19H23BN2O2/c1-3-4-5-10-15(13-18(23)24-2)20-21-16-11-6-8-14-9-7-12-17(22-20)19(14)16/h3,6-9,11-12,15,21-22H,1,4-5,10,13H2,2H3/t15-/m1/s1. The van der Waals surface area contributed by atoms with Crippen molar-refractivity contribution in [2.24, 2.45) is 0 Å². The molecule has 0 unspecified atom stereocenters. The number of carbonyl (C=O) groups excluding carboxylic acids is 1. The molecule has 0 spiro atoms. The van der Waals surface area contributed by atoms with E-state index in [1.807, 2.05) is 6.08 Å². The van der Waals surface area contributed by atoms with E-state index in [1.54, 1.807) is 0 Å². The van der Waals surface area contributed by atoms with Crippen LogP contribution in [0.4, 0.5) is 11.4 Å². The average Bonchev–Trinajstić information content (AvgIpc) is 2.61. The molecule has 0 amide bonds. The van der Waals surface area contributed by atoms with Gasteiger partial charge in [-0.15, -0.1) is 6.58 Å². The Morgan fingerprint density at radius 3 is 2.50 bits per heavy atom. The zero-order valence-electron chi connectivity index (χ0n) is 14.0. The third kappa shape index (κ3) is 3.40. The molecule has 2 aromatic carbocycles. The Labute approximate surface area is 143 Å². The maximum Gasteiger partial charge on any atom is 0.374 e. The number of carbonyl (C=O) groups is 1. The van der Waals surface area contributed by atoms with Gasteiger partial charge >= 0.3 is 13.0 Å². The number of anilines is 2. The molecule has 0 aliphatic carbocycles. The molecule has 2 N–H and O–H groups in total. The number of methoxy groups -OCH3 is 1. The highest BCUT2D eigenvalue weighted by molar-refractivity contribution is 6.69. The van der Waals surface area contributed by atoms with Crippen LogP contribution in [0.5, 0.6) is 0 Å². The Morgan fingerprint density at radius 2 is 1.92 bits per heavy atom. The third-order valence-electron chi connectivity index (χ3n) is 4.64. The maximum atomic E-state index is 11.8. The zero-order chi connectivity index (χ0) is 16.9. The van der Waals surface area contributed by atoms with Crippen LogP contribution in [0, 0.1) is 0 Å². The largest absolute Gasteiger partial charge is 0.469 e. The molecule has 0 aromatic heterocycles. The fourth-order valence-electron chi connectivity index (χ4n) is 3.40. The monoisotopic (exact) mass is 322 g/mol. The third-order valence-corrected chi connectivity index (χ3v) is 4.64. The number of benzene rings is 2. The molecule has 1 atom stereocenters. The van der Waals surface area contributed by atoms with Crippen molar-refractivity contribution in [2.45, 2.75) is 31.5 Å². The number of hydrogen-bond acceptors (Lipinski definition) is 4. The number of hydrogen-bond donors (Lipinski definition) is 2. The Balaban J connectivity index is 1.84. The maximum absolute atomic E-state index is 11.8. The summed E-state index contributed by atoms with van der Waals surface area (Å²) in [6.45, 7) is 3.79. The van der Waals surface area contributed by atoms with Gasteiger partial charge in [0.05, 0.1) is 7.11 Å². The van der Waals surface area contributed by atoms with Crippen LogP contribution in [-0.4, -0.2) is 20.1 Å². The van der Waals surface area contributed by atoms with Crippen molar-refractivity contribution in [3.63, 3.8) is 0 Å². The molecule has 0 saturated carbocycles. The van der Waals surface area contributed by atoms with Crippen LogP contribution in [-0.2, 0) is 9.53 Å². The summed E-state index contributed by atoms with van der Waals surface area (Å²) in [6, 6.07) is 12.5. The van der Waals surface area contributed by atoms with E-state index in [4.69, 9.17) is 4.74 Å². The molecule has 0 fully saturated rings. The Hall–Kier alpha value is -2.43. The molecule has 2 aromatic rings. The van der Waals surface area contributed by atoms with Crippen molar-refractivity contribution >= 4 is 35.1 Å². The Bertz CT molecular complexity index is 706. The SMILES string of the molecule is C=CCCC[C@H](CC(=O)OC)B1Nc2cccc3cccc(c23)N1. The van der Waals surface area contributed by atoms with Gasteiger partial charge in [0, 0.05) is 23.2 Å². The minimum atomic E-state index is -0.167. The van der Waals surface area contributed by atoms with E-state index in [9.17, 15) is 4.79 Å². The van der Waals surface area contributed by atoms with Gasteiger partial charge in [-0.05, 0) is 29.8 Å². The van der Waals surface area contributed by atoms with Gasteiger partial charge in [-0.25, -0.2) is 0 Å². The molecule has 1 aliphatic heterocycles. The van der Waals surface area contributed by atoms with Crippen molar-refractivity contribution in [2.75, 3.05) is 17.6 Å². The summed E-state index contributed by atoms with van der Waals surface area (Å²) < 4.78 is 4.89. The van der Waals surface area contributed by atoms with Crippen molar-refractivity contribution in [1.82, 2.24) is 0 Å². The smallest absolute Gasteiger partial charge is 0.374 e. The molecule has 0 saturated heterocycles. The zero-order valence-corrected chi connectivity index (χ0v) is 14.0. The first-order chi connectivity index (χ1) is 11.7. The lowest BCUT2D eigenvalue weighted by molar-refractivity contribution is -0.140. The van der Waals surface area contributed by atoms with E-state index in [0.717, 1.165) is 30.6 Å². The number of ether oxygens (including phenoxy) is 1. The summed E-state index contributed by atoms with van der Waals surface area (Å²) >= 11 is 0.